The molecule has 2 rings (SSSR count). The number of aliphatic hydroxyl groups excluding tert-OH is 1. The highest BCUT2D eigenvalue weighted by Gasteiger charge is 2.09. The summed E-state index contributed by atoms with van der Waals surface area (Å²) in [6.07, 6.45) is 0. The molecule has 0 atom stereocenters. The molecule has 0 saturated heterocycles. The number of hydrogen-bond donors (Lipinski definition) is 3. The fourth-order valence-electron chi connectivity index (χ4n) is 1.95. The summed E-state index contributed by atoms with van der Waals surface area (Å²) in [7, 11) is 0. The van der Waals surface area contributed by atoms with Crippen molar-refractivity contribution in [2.24, 2.45) is 0 Å². The summed E-state index contributed by atoms with van der Waals surface area (Å²) >= 11 is 0. The highest BCUT2D eigenvalue weighted by Crippen LogP contribution is 2.18. The molecule has 4 nitrogen and oxygen atoms in total. The van der Waals surface area contributed by atoms with E-state index in [0.717, 1.165) is 16.7 Å². The van der Waals surface area contributed by atoms with E-state index in [0.29, 0.717) is 12.2 Å². The van der Waals surface area contributed by atoms with E-state index in [4.69, 9.17) is 10.2 Å². The number of carboxylic acid groups (broad SMARTS) is 1. The van der Waals surface area contributed by atoms with Crippen molar-refractivity contribution < 1.29 is 15.0 Å². The molecule has 2 aromatic rings. The van der Waals surface area contributed by atoms with Crippen molar-refractivity contribution in [1.29, 1.82) is 0 Å². The maximum atomic E-state index is 11.2. The van der Waals surface area contributed by atoms with Crippen LogP contribution >= 0.6 is 0 Å². The monoisotopic (exact) mass is 271 g/mol. The summed E-state index contributed by atoms with van der Waals surface area (Å²) in [4.78, 5) is 11.2. The van der Waals surface area contributed by atoms with Crippen LogP contribution in [0.2, 0.25) is 0 Å². The van der Waals surface area contributed by atoms with Crippen LogP contribution < -0.4 is 5.32 Å². The molecule has 0 fully saturated rings. The van der Waals surface area contributed by atoms with Gasteiger partial charge in [0.2, 0.25) is 0 Å². The molecule has 20 heavy (non-hydrogen) atoms. The van der Waals surface area contributed by atoms with Crippen LogP contribution in [0.1, 0.15) is 27.0 Å². The zero-order chi connectivity index (χ0) is 14.5. The highest BCUT2D eigenvalue weighted by molar-refractivity contribution is 5.94. The minimum absolute atomic E-state index is 0.0226. The third-order valence-corrected chi connectivity index (χ3v) is 3.09. The normalized spacial score (nSPS) is 10.3. The molecule has 3 N–H and O–H groups in total. The van der Waals surface area contributed by atoms with Crippen molar-refractivity contribution in [3.05, 3.63) is 64.7 Å². The fourth-order valence-corrected chi connectivity index (χ4v) is 1.95. The number of aryl methyl sites for hydroxylation is 1. The summed E-state index contributed by atoms with van der Waals surface area (Å²) < 4.78 is 0. The Morgan fingerprint density at radius 3 is 2.35 bits per heavy atom. The minimum Gasteiger partial charge on any atom is -0.478 e. The summed E-state index contributed by atoms with van der Waals surface area (Å²) in [5.41, 5.74) is 3.77. The molecule has 0 aliphatic carbocycles. The molecule has 104 valence electrons. The smallest absolute Gasteiger partial charge is 0.337 e. The average molecular weight is 271 g/mol. The maximum absolute atomic E-state index is 11.2. The van der Waals surface area contributed by atoms with Crippen molar-refractivity contribution in [3.8, 4) is 0 Å². The average Bonchev–Trinajstić information content (AvgIpc) is 2.45. The van der Waals surface area contributed by atoms with E-state index in [-0.39, 0.29) is 12.2 Å². The minimum atomic E-state index is -0.942. The second-order valence-corrected chi connectivity index (χ2v) is 4.68. The van der Waals surface area contributed by atoms with Gasteiger partial charge in [0.1, 0.15) is 0 Å². The van der Waals surface area contributed by atoms with Crippen LogP contribution in [-0.4, -0.2) is 16.2 Å². The zero-order valence-corrected chi connectivity index (χ0v) is 11.3. The van der Waals surface area contributed by atoms with Gasteiger partial charge in [-0.3, -0.25) is 0 Å². The number of carboxylic acids is 1. The standard InChI is InChI=1S/C16H17NO3/c1-11-2-7-14(16(19)20)15(8-11)17-9-12-3-5-13(10-18)6-4-12/h2-8,17-18H,9-10H2,1H3,(H,19,20). The van der Waals surface area contributed by atoms with Crippen LogP contribution in [0.3, 0.4) is 0 Å². The van der Waals surface area contributed by atoms with Gasteiger partial charge >= 0.3 is 5.97 Å². The zero-order valence-electron chi connectivity index (χ0n) is 11.3. The Balaban J connectivity index is 2.13. The number of aliphatic hydroxyl groups is 1. The molecular formula is C16H17NO3. The Hall–Kier alpha value is -2.33. The Kier molecular flexibility index (Phi) is 4.38. The molecule has 0 heterocycles. The molecule has 2 aromatic carbocycles. The Labute approximate surface area is 117 Å². The topological polar surface area (TPSA) is 69.6 Å². The van der Waals surface area contributed by atoms with E-state index < -0.39 is 5.97 Å². The van der Waals surface area contributed by atoms with Crippen LogP contribution in [0.5, 0.6) is 0 Å². The van der Waals surface area contributed by atoms with Crippen LogP contribution in [0, 0.1) is 6.92 Å². The van der Waals surface area contributed by atoms with Crippen LogP contribution in [0.15, 0.2) is 42.5 Å². The van der Waals surface area contributed by atoms with Crippen LogP contribution in [-0.2, 0) is 13.2 Å². The van der Waals surface area contributed by atoms with Crippen molar-refractivity contribution in [2.75, 3.05) is 5.32 Å². The van der Waals surface area contributed by atoms with Gasteiger partial charge in [-0.15, -0.1) is 0 Å². The third-order valence-electron chi connectivity index (χ3n) is 3.09. The van der Waals surface area contributed by atoms with E-state index in [9.17, 15) is 4.79 Å². The highest BCUT2D eigenvalue weighted by atomic mass is 16.4. The largest absolute Gasteiger partial charge is 0.478 e. The lowest BCUT2D eigenvalue weighted by Gasteiger charge is -2.11. The van der Waals surface area contributed by atoms with E-state index in [2.05, 4.69) is 5.32 Å². The second kappa shape index (κ2) is 6.21. The summed E-state index contributed by atoms with van der Waals surface area (Å²) in [5, 5.41) is 21.3. The van der Waals surface area contributed by atoms with E-state index in [1.165, 1.54) is 0 Å². The van der Waals surface area contributed by atoms with Crippen molar-refractivity contribution in [1.82, 2.24) is 0 Å². The molecular weight excluding hydrogens is 254 g/mol. The van der Waals surface area contributed by atoms with Gasteiger partial charge in [0.05, 0.1) is 12.2 Å². The molecule has 0 aliphatic rings. The molecule has 0 aliphatic heterocycles. The van der Waals surface area contributed by atoms with Crippen molar-refractivity contribution in [3.63, 3.8) is 0 Å². The molecule has 0 amide bonds. The van der Waals surface area contributed by atoms with E-state index in [1.54, 1.807) is 12.1 Å². The van der Waals surface area contributed by atoms with Gasteiger partial charge in [0, 0.05) is 12.2 Å². The Morgan fingerprint density at radius 2 is 1.75 bits per heavy atom. The van der Waals surface area contributed by atoms with Crippen LogP contribution in [0.4, 0.5) is 5.69 Å². The first-order valence-corrected chi connectivity index (χ1v) is 6.36. The fraction of sp³-hybridized carbons (Fsp3) is 0.188. The van der Waals surface area contributed by atoms with Gasteiger partial charge in [-0.1, -0.05) is 30.3 Å². The van der Waals surface area contributed by atoms with Crippen molar-refractivity contribution in [2.45, 2.75) is 20.1 Å². The molecule has 0 bridgehead atoms. The number of aromatic carboxylic acids is 1. The molecule has 4 heteroatoms. The molecule has 0 spiro atoms. The summed E-state index contributed by atoms with van der Waals surface area (Å²) in [6.45, 7) is 2.48. The van der Waals surface area contributed by atoms with E-state index in [1.807, 2.05) is 37.3 Å². The first-order valence-electron chi connectivity index (χ1n) is 6.36. The third kappa shape index (κ3) is 3.36. The number of benzene rings is 2. The first-order chi connectivity index (χ1) is 9.60. The lowest BCUT2D eigenvalue weighted by atomic mass is 10.1. The number of rotatable bonds is 5. The number of carbonyl (C=O) groups is 1. The lowest BCUT2D eigenvalue weighted by Crippen LogP contribution is -2.06. The maximum Gasteiger partial charge on any atom is 0.337 e. The second-order valence-electron chi connectivity index (χ2n) is 4.68. The predicted octanol–water partition coefficient (Wildman–Crippen LogP) is 2.80. The summed E-state index contributed by atoms with van der Waals surface area (Å²) in [6, 6.07) is 12.7. The van der Waals surface area contributed by atoms with Gasteiger partial charge in [0.15, 0.2) is 0 Å². The van der Waals surface area contributed by atoms with Crippen molar-refractivity contribution >= 4 is 11.7 Å². The molecule has 0 saturated carbocycles. The van der Waals surface area contributed by atoms with Gasteiger partial charge in [-0.2, -0.15) is 0 Å². The SMILES string of the molecule is Cc1ccc(C(=O)O)c(NCc2ccc(CO)cc2)c1. The molecule has 0 radical (unpaired) electrons. The quantitative estimate of drug-likeness (QED) is 0.782. The molecule has 0 unspecified atom stereocenters. The molecule has 0 aromatic heterocycles. The van der Waals surface area contributed by atoms with Gasteiger partial charge in [0.25, 0.3) is 0 Å². The van der Waals surface area contributed by atoms with Crippen LogP contribution in [0.25, 0.3) is 0 Å². The van der Waals surface area contributed by atoms with E-state index >= 15 is 0 Å². The summed E-state index contributed by atoms with van der Waals surface area (Å²) in [5.74, 6) is -0.942. The lowest BCUT2D eigenvalue weighted by molar-refractivity contribution is 0.0698. The Morgan fingerprint density at radius 1 is 1.10 bits per heavy atom. The number of hydrogen-bond acceptors (Lipinski definition) is 3. The number of nitrogens with one attached hydrogen (secondary N) is 1. The predicted molar refractivity (Wildman–Crippen MR) is 77.8 cm³/mol. The number of anilines is 1. The van der Waals surface area contributed by atoms with Gasteiger partial charge in [-0.05, 0) is 35.7 Å². The van der Waals surface area contributed by atoms with Gasteiger partial charge < -0.3 is 15.5 Å². The van der Waals surface area contributed by atoms with Gasteiger partial charge in [-0.25, -0.2) is 4.79 Å². The first kappa shape index (κ1) is 14.1. The Bertz CT molecular complexity index is 606.